The number of hydrogen-bond acceptors (Lipinski definition) is 8. The van der Waals surface area contributed by atoms with Crippen LogP contribution in [0, 0.1) is 17.8 Å². The number of phenols is 1. The molecule has 216 valence electrons. The van der Waals surface area contributed by atoms with E-state index >= 15 is 0 Å². The van der Waals surface area contributed by atoms with Crippen molar-refractivity contribution in [1.29, 1.82) is 0 Å². The minimum absolute atomic E-state index is 0.0466. The lowest BCUT2D eigenvalue weighted by Gasteiger charge is -2.46. The SMILES string of the molecule is CC(NCCF)c1ccc(-c2ccc(O)c3c2CC2CC4C(C(=O)C(C(N)=O)=C(O)[C@H]4N(C)C)C(O)=C2C3=O)cc1. The number of benzene rings is 2. The predicted molar refractivity (Wildman–Crippen MR) is 150 cm³/mol. The van der Waals surface area contributed by atoms with E-state index in [2.05, 4.69) is 5.32 Å². The number of rotatable bonds is 7. The van der Waals surface area contributed by atoms with Gasteiger partial charge in [0, 0.05) is 18.2 Å². The van der Waals surface area contributed by atoms with Gasteiger partial charge in [-0.1, -0.05) is 30.3 Å². The zero-order valence-corrected chi connectivity index (χ0v) is 23.1. The van der Waals surface area contributed by atoms with E-state index < -0.39 is 65.0 Å². The number of amides is 1. The van der Waals surface area contributed by atoms with Crippen LogP contribution in [-0.2, 0) is 16.0 Å². The number of ketones is 2. The quantitative estimate of drug-likeness (QED) is 0.322. The van der Waals surface area contributed by atoms with E-state index in [1.54, 1.807) is 25.1 Å². The number of aromatic hydroxyl groups is 1. The third-order valence-corrected chi connectivity index (χ3v) is 8.72. The number of Topliss-reactive ketones (excluding diaryl/α,β-unsaturated/α-hetero) is 2. The molecule has 2 aromatic carbocycles. The van der Waals surface area contributed by atoms with Crippen LogP contribution in [0.3, 0.4) is 0 Å². The Labute approximate surface area is 237 Å². The number of fused-ring (bicyclic) bond motifs is 3. The lowest BCUT2D eigenvalue weighted by Crippen LogP contribution is -2.53. The van der Waals surface area contributed by atoms with Gasteiger partial charge in [0.05, 0.1) is 17.5 Å². The molecule has 0 aliphatic heterocycles. The fraction of sp³-hybridized carbons (Fsp3) is 0.387. The molecule has 0 radical (unpaired) electrons. The maximum Gasteiger partial charge on any atom is 0.255 e. The van der Waals surface area contributed by atoms with Crippen LogP contribution in [0.15, 0.2) is 59.1 Å². The number of aliphatic hydroxyl groups excluding tert-OH is 2. The molecule has 0 saturated carbocycles. The van der Waals surface area contributed by atoms with Crippen LogP contribution in [0.2, 0.25) is 0 Å². The Morgan fingerprint density at radius 2 is 1.78 bits per heavy atom. The molecule has 0 bridgehead atoms. The Kier molecular flexibility index (Phi) is 7.48. The fourth-order valence-corrected chi connectivity index (χ4v) is 6.88. The van der Waals surface area contributed by atoms with Gasteiger partial charge >= 0.3 is 0 Å². The Balaban J connectivity index is 1.58. The molecule has 6 N–H and O–H groups in total. The summed E-state index contributed by atoms with van der Waals surface area (Å²) in [6, 6.07) is 10.0. The van der Waals surface area contributed by atoms with Gasteiger partial charge in [-0.25, -0.2) is 4.39 Å². The van der Waals surface area contributed by atoms with E-state index in [-0.39, 0.29) is 35.9 Å². The van der Waals surface area contributed by atoms with E-state index in [1.807, 2.05) is 31.2 Å². The van der Waals surface area contributed by atoms with Crippen molar-refractivity contribution in [1.82, 2.24) is 10.2 Å². The molecule has 2 aromatic rings. The number of alkyl halides is 1. The van der Waals surface area contributed by atoms with Crippen molar-refractivity contribution >= 4 is 17.5 Å². The zero-order chi connectivity index (χ0) is 29.7. The highest BCUT2D eigenvalue weighted by molar-refractivity contribution is 6.22. The van der Waals surface area contributed by atoms with E-state index in [4.69, 9.17) is 5.73 Å². The minimum Gasteiger partial charge on any atom is -0.511 e. The first-order chi connectivity index (χ1) is 19.5. The molecule has 1 amide bonds. The molecule has 3 aliphatic rings. The molecule has 4 unspecified atom stereocenters. The first-order valence-corrected chi connectivity index (χ1v) is 13.6. The molecule has 3 aliphatic carbocycles. The Bertz CT molecular complexity index is 1500. The Hall–Kier alpha value is -4.02. The summed E-state index contributed by atoms with van der Waals surface area (Å²) in [6.07, 6.45) is 0.594. The molecular formula is C31H34FN3O6. The number of aliphatic hydroxyl groups is 2. The normalized spacial score (nSPS) is 24.7. The van der Waals surface area contributed by atoms with Gasteiger partial charge in [-0.3, -0.25) is 19.3 Å². The third kappa shape index (κ3) is 4.61. The number of halogens is 1. The highest BCUT2D eigenvalue weighted by Gasteiger charge is 2.54. The summed E-state index contributed by atoms with van der Waals surface area (Å²) < 4.78 is 12.6. The largest absolute Gasteiger partial charge is 0.511 e. The minimum atomic E-state index is -1.22. The number of likely N-dealkylation sites (N-methyl/N-ethyl adjacent to an activating group) is 1. The van der Waals surface area contributed by atoms with Crippen LogP contribution < -0.4 is 11.1 Å². The van der Waals surface area contributed by atoms with Gasteiger partial charge in [-0.15, -0.1) is 0 Å². The van der Waals surface area contributed by atoms with Gasteiger partial charge in [0.25, 0.3) is 5.91 Å². The van der Waals surface area contributed by atoms with Crippen molar-refractivity contribution in [3.8, 4) is 16.9 Å². The molecule has 41 heavy (non-hydrogen) atoms. The van der Waals surface area contributed by atoms with Crippen LogP contribution in [-0.4, -0.2) is 71.0 Å². The second kappa shape index (κ2) is 10.8. The van der Waals surface area contributed by atoms with Crippen molar-refractivity contribution in [3.05, 3.63) is 75.8 Å². The topological polar surface area (TPSA) is 153 Å². The van der Waals surface area contributed by atoms with Crippen LogP contribution >= 0.6 is 0 Å². The number of hydrogen-bond donors (Lipinski definition) is 5. The number of allylic oxidation sites excluding steroid dienone is 2. The van der Waals surface area contributed by atoms with E-state index in [1.165, 1.54) is 6.07 Å². The zero-order valence-electron chi connectivity index (χ0n) is 23.1. The first kappa shape index (κ1) is 28.5. The fourth-order valence-electron chi connectivity index (χ4n) is 6.88. The second-order valence-electron chi connectivity index (χ2n) is 11.3. The number of carbonyl (C=O) groups excluding carboxylic acids is 3. The second-order valence-corrected chi connectivity index (χ2v) is 11.3. The van der Waals surface area contributed by atoms with Gasteiger partial charge in [0.1, 0.15) is 29.5 Å². The standard InChI is InChI=1S/C31H34FN3O6/c1-14(34-11-10-32)15-4-6-16(7-5-15)18-8-9-21(36)23-19(18)12-17-13-20-24(28(38)22(17)27(23)37)29(39)25(31(33)41)30(40)26(20)35(2)3/h4-9,14,17,20,24,26,34,36,38,40H,10-13H2,1-3H3,(H2,33,41)/t14?,17?,20?,24?,26-/m0/s1. The summed E-state index contributed by atoms with van der Waals surface area (Å²) in [5, 5.41) is 36.2. The summed E-state index contributed by atoms with van der Waals surface area (Å²) >= 11 is 0. The highest BCUT2D eigenvalue weighted by Crippen LogP contribution is 2.51. The van der Waals surface area contributed by atoms with E-state index in [9.17, 15) is 34.1 Å². The number of nitrogens with one attached hydrogen (secondary N) is 1. The van der Waals surface area contributed by atoms with E-state index in [0.717, 1.165) is 16.7 Å². The highest BCUT2D eigenvalue weighted by atomic mass is 19.1. The summed E-state index contributed by atoms with van der Waals surface area (Å²) in [6.45, 7) is 1.73. The lowest BCUT2D eigenvalue weighted by atomic mass is 9.60. The lowest BCUT2D eigenvalue weighted by molar-refractivity contribution is -0.127. The van der Waals surface area contributed by atoms with Crippen molar-refractivity contribution in [3.63, 3.8) is 0 Å². The van der Waals surface area contributed by atoms with Crippen molar-refractivity contribution < 1.29 is 34.1 Å². The van der Waals surface area contributed by atoms with Gasteiger partial charge in [0.2, 0.25) is 0 Å². The molecule has 0 saturated heterocycles. The molecule has 0 fully saturated rings. The number of carbonyl (C=O) groups is 3. The third-order valence-electron chi connectivity index (χ3n) is 8.72. The predicted octanol–water partition coefficient (Wildman–Crippen LogP) is 3.29. The molecule has 5 atom stereocenters. The number of phenolic OH excluding ortho intramolecular Hbond substituents is 1. The summed E-state index contributed by atoms with van der Waals surface area (Å²) in [5.74, 6) is -5.89. The molecule has 0 aromatic heterocycles. The Morgan fingerprint density at radius 1 is 1.10 bits per heavy atom. The number of primary amides is 1. The van der Waals surface area contributed by atoms with Gasteiger partial charge in [0.15, 0.2) is 11.6 Å². The van der Waals surface area contributed by atoms with Crippen LogP contribution in [0.5, 0.6) is 5.75 Å². The van der Waals surface area contributed by atoms with Gasteiger partial charge in [-0.2, -0.15) is 0 Å². The average Bonchev–Trinajstić information content (AvgIpc) is 2.91. The maximum atomic E-state index is 13.9. The molecule has 10 heteroatoms. The molecule has 0 heterocycles. The van der Waals surface area contributed by atoms with Crippen LogP contribution in [0.25, 0.3) is 11.1 Å². The van der Waals surface area contributed by atoms with Gasteiger partial charge < -0.3 is 26.4 Å². The first-order valence-electron chi connectivity index (χ1n) is 13.6. The molecule has 5 rings (SSSR count). The molecular weight excluding hydrogens is 529 g/mol. The van der Waals surface area contributed by atoms with Crippen molar-refractivity contribution in [2.24, 2.45) is 23.5 Å². The molecule has 9 nitrogen and oxygen atoms in total. The monoisotopic (exact) mass is 563 g/mol. The number of nitrogens with zero attached hydrogens (tertiary/aromatic N) is 1. The van der Waals surface area contributed by atoms with E-state index in [0.29, 0.717) is 12.0 Å². The smallest absolute Gasteiger partial charge is 0.255 e. The number of nitrogens with two attached hydrogens (primary N) is 1. The summed E-state index contributed by atoms with van der Waals surface area (Å²) in [4.78, 5) is 41.0. The van der Waals surface area contributed by atoms with Crippen molar-refractivity contribution in [2.45, 2.75) is 31.8 Å². The summed E-state index contributed by atoms with van der Waals surface area (Å²) in [5.41, 5.74) is 8.16. The van der Waals surface area contributed by atoms with Crippen molar-refractivity contribution in [2.75, 3.05) is 27.3 Å². The summed E-state index contributed by atoms with van der Waals surface area (Å²) in [7, 11) is 3.38. The van der Waals surface area contributed by atoms with Crippen LogP contribution in [0.1, 0.15) is 40.9 Å². The van der Waals surface area contributed by atoms with Crippen LogP contribution in [0.4, 0.5) is 4.39 Å². The average molecular weight is 564 g/mol. The van der Waals surface area contributed by atoms with Gasteiger partial charge in [-0.05, 0) is 74.0 Å². The maximum absolute atomic E-state index is 13.9. The molecule has 0 spiro atoms. The Morgan fingerprint density at radius 3 is 2.39 bits per heavy atom.